The van der Waals surface area contributed by atoms with E-state index >= 15 is 0 Å². The van der Waals surface area contributed by atoms with Crippen molar-refractivity contribution in [1.82, 2.24) is 9.55 Å². The van der Waals surface area contributed by atoms with Crippen LogP contribution < -0.4 is 10.5 Å². The van der Waals surface area contributed by atoms with E-state index in [0.717, 1.165) is 24.4 Å². The van der Waals surface area contributed by atoms with Crippen molar-refractivity contribution in [1.29, 1.82) is 0 Å². The second-order valence-corrected chi connectivity index (χ2v) is 7.25. The van der Waals surface area contributed by atoms with E-state index in [2.05, 4.69) is 19.1 Å². The molecule has 2 aromatic carbocycles. The Hall–Kier alpha value is -2.69. The molecular weight excluding hydrogens is 353 g/mol. The van der Waals surface area contributed by atoms with Crippen molar-refractivity contribution in [2.24, 2.45) is 0 Å². The van der Waals surface area contributed by atoms with Gasteiger partial charge in [0.1, 0.15) is 5.82 Å². The van der Waals surface area contributed by atoms with Gasteiger partial charge in [-0.1, -0.05) is 37.3 Å². The minimum Gasteiger partial charge on any atom is -0.374 e. The summed E-state index contributed by atoms with van der Waals surface area (Å²) in [6.07, 6.45) is 2.11. The largest absolute Gasteiger partial charge is 0.374 e. The average Bonchev–Trinajstić information content (AvgIpc) is 2.71. The normalized spacial score (nSPS) is 12.3. The number of nitrogens with zero attached hydrogens (tertiary/aromatic N) is 3. The van der Waals surface area contributed by atoms with Crippen LogP contribution in [-0.4, -0.2) is 29.8 Å². The van der Waals surface area contributed by atoms with Gasteiger partial charge in [0, 0.05) is 25.3 Å². The smallest absolute Gasteiger partial charge is 0.261 e. The molecule has 1 atom stereocenters. The van der Waals surface area contributed by atoms with Gasteiger partial charge in [-0.05, 0) is 49.9 Å². The zero-order chi connectivity index (χ0) is 20.1. The fourth-order valence-electron chi connectivity index (χ4n) is 3.70. The summed E-state index contributed by atoms with van der Waals surface area (Å²) < 4.78 is 14.3. The molecule has 0 amide bonds. The van der Waals surface area contributed by atoms with Gasteiger partial charge in [-0.15, -0.1) is 0 Å². The Bertz CT molecular complexity index is 984. The van der Waals surface area contributed by atoms with Crippen molar-refractivity contribution >= 4 is 16.6 Å². The van der Waals surface area contributed by atoms with Gasteiger partial charge >= 0.3 is 0 Å². The third-order valence-corrected chi connectivity index (χ3v) is 5.28. The van der Waals surface area contributed by atoms with E-state index in [1.165, 1.54) is 5.56 Å². The Kier molecular flexibility index (Phi) is 6.45. The van der Waals surface area contributed by atoms with Crippen molar-refractivity contribution in [3.63, 3.8) is 0 Å². The van der Waals surface area contributed by atoms with Gasteiger partial charge in [0.15, 0.2) is 0 Å². The van der Waals surface area contributed by atoms with Gasteiger partial charge in [-0.2, -0.15) is 0 Å². The van der Waals surface area contributed by atoms with Crippen LogP contribution in [0, 0.1) is 6.92 Å². The number of halogens is 1. The van der Waals surface area contributed by atoms with Crippen molar-refractivity contribution < 1.29 is 4.39 Å². The Morgan fingerprint density at radius 3 is 2.61 bits per heavy atom. The third-order valence-electron chi connectivity index (χ3n) is 5.28. The van der Waals surface area contributed by atoms with Gasteiger partial charge in [0.05, 0.1) is 17.6 Å². The van der Waals surface area contributed by atoms with Gasteiger partial charge in [-0.3, -0.25) is 13.8 Å². The van der Waals surface area contributed by atoms with E-state index in [0.29, 0.717) is 23.9 Å². The molecule has 0 aliphatic heterocycles. The molecule has 1 heterocycles. The lowest BCUT2D eigenvalue weighted by molar-refractivity contribution is 0.455. The van der Waals surface area contributed by atoms with Crippen molar-refractivity contribution in [2.75, 3.05) is 25.2 Å². The number of aromatic nitrogens is 2. The van der Waals surface area contributed by atoms with Crippen molar-refractivity contribution in [3.05, 3.63) is 70.3 Å². The first kappa shape index (κ1) is 20.1. The van der Waals surface area contributed by atoms with E-state index in [4.69, 9.17) is 4.98 Å². The molecular formula is C23H28FN3O. The van der Waals surface area contributed by atoms with E-state index in [9.17, 15) is 9.18 Å². The quantitative estimate of drug-likeness (QED) is 0.568. The molecule has 0 fully saturated rings. The molecule has 3 aromatic rings. The molecule has 0 aliphatic carbocycles. The summed E-state index contributed by atoms with van der Waals surface area (Å²) in [7, 11) is 1.92. The van der Waals surface area contributed by atoms with Crippen LogP contribution in [0.2, 0.25) is 0 Å². The predicted molar refractivity (Wildman–Crippen MR) is 114 cm³/mol. The number of benzene rings is 2. The van der Waals surface area contributed by atoms with E-state index in [1.807, 2.05) is 59.8 Å². The van der Waals surface area contributed by atoms with E-state index in [-0.39, 0.29) is 18.3 Å². The molecule has 0 unspecified atom stereocenters. The predicted octanol–water partition coefficient (Wildman–Crippen LogP) is 4.69. The number of alkyl halides is 1. The zero-order valence-corrected chi connectivity index (χ0v) is 16.9. The maximum Gasteiger partial charge on any atom is 0.261 e. The summed E-state index contributed by atoms with van der Waals surface area (Å²) in [6.45, 7) is 4.27. The Morgan fingerprint density at radius 1 is 1.18 bits per heavy atom. The van der Waals surface area contributed by atoms with Crippen LogP contribution in [0.1, 0.15) is 37.2 Å². The van der Waals surface area contributed by atoms with E-state index in [1.54, 1.807) is 0 Å². The molecule has 148 valence electrons. The highest BCUT2D eigenvalue weighted by Gasteiger charge is 2.17. The minimum absolute atomic E-state index is 0.00831. The van der Waals surface area contributed by atoms with E-state index < -0.39 is 0 Å². The highest BCUT2D eigenvalue weighted by atomic mass is 19.1. The molecule has 0 aliphatic rings. The molecule has 3 rings (SSSR count). The summed E-state index contributed by atoms with van der Waals surface area (Å²) in [5, 5.41) is 0.613. The van der Waals surface area contributed by atoms with Gasteiger partial charge in [0.25, 0.3) is 5.56 Å². The van der Waals surface area contributed by atoms with Crippen molar-refractivity contribution in [2.45, 2.75) is 39.2 Å². The summed E-state index contributed by atoms with van der Waals surface area (Å²) in [6, 6.07) is 16.0. The van der Waals surface area contributed by atoms with Gasteiger partial charge in [-0.25, -0.2) is 4.98 Å². The van der Waals surface area contributed by atoms with Crippen LogP contribution in [0.15, 0.2) is 53.3 Å². The maximum atomic E-state index is 13.4. The third kappa shape index (κ3) is 4.24. The molecule has 5 heteroatoms. The lowest BCUT2D eigenvalue weighted by atomic mass is 10.0. The van der Waals surface area contributed by atoms with Gasteiger partial charge in [0.2, 0.25) is 0 Å². The average molecular weight is 381 g/mol. The van der Waals surface area contributed by atoms with Crippen LogP contribution >= 0.6 is 0 Å². The molecule has 0 saturated heterocycles. The molecule has 28 heavy (non-hydrogen) atoms. The monoisotopic (exact) mass is 381 g/mol. The summed E-state index contributed by atoms with van der Waals surface area (Å²) in [4.78, 5) is 20.0. The fourth-order valence-corrected chi connectivity index (χ4v) is 3.70. The second-order valence-electron chi connectivity index (χ2n) is 7.25. The highest BCUT2D eigenvalue weighted by molar-refractivity contribution is 5.81. The number of rotatable bonds is 8. The molecule has 0 radical (unpaired) electrons. The molecule has 4 nitrogen and oxygen atoms in total. The first-order valence-electron chi connectivity index (χ1n) is 9.89. The van der Waals surface area contributed by atoms with Crippen LogP contribution in [0.5, 0.6) is 0 Å². The molecule has 1 aromatic heterocycles. The number of hydrogen-bond acceptors (Lipinski definition) is 3. The summed E-state index contributed by atoms with van der Waals surface area (Å²) in [5.74, 6) is 0.735. The van der Waals surface area contributed by atoms with Crippen LogP contribution in [0.4, 0.5) is 10.1 Å². The Morgan fingerprint density at radius 2 is 1.93 bits per heavy atom. The number of fused-ring (bicyclic) bond motifs is 1. The minimum atomic E-state index is -0.344. The Labute approximate surface area is 165 Å². The maximum absolute atomic E-state index is 13.4. The zero-order valence-electron chi connectivity index (χ0n) is 16.9. The lowest BCUT2D eigenvalue weighted by Crippen LogP contribution is -2.29. The number of aryl methyl sites for hydroxylation is 1. The lowest BCUT2D eigenvalue weighted by Gasteiger charge is -2.22. The van der Waals surface area contributed by atoms with Crippen molar-refractivity contribution in [3.8, 4) is 0 Å². The molecule has 0 bridgehead atoms. The van der Waals surface area contributed by atoms with Crippen LogP contribution in [0.3, 0.4) is 0 Å². The number of anilines is 1. The van der Waals surface area contributed by atoms with Gasteiger partial charge < -0.3 is 4.90 Å². The molecule has 0 spiro atoms. The van der Waals surface area contributed by atoms with Crippen LogP contribution in [-0.2, 0) is 6.42 Å². The fraction of sp³-hybridized carbons (Fsp3) is 0.391. The highest BCUT2D eigenvalue weighted by Crippen LogP contribution is 2.22. The second kappa shape index (κ2) is 9.00. The SMILES string of the molecule is CC[C@H](Cc1ccccc1)n1c(C)nc2ccc(N(C)CCCF)cc2c1=O. The molecule has 0 saturated carbocycles. The first-order chi connectivity index (χ1) is 13.5. The van der Waals surface area contributed by atoms with Crippen LogP contribution in [0.25, 0.3) is 10.9 Å². The summed E-state index contributed by atoms with van der Waals surface area (Å²) in [5.41, 5.74) is 2.81. The number of hydrogen-bond donors (Lipinski definition) is 0. The standard InChI is InChI=1S/C23H28FN3O/c1-4-19(15-18-9-6-5-7-10-18)27-17(2)25-22-12-11-20(16-21(22)23(27)28)26(3)14-8-13-24/h5-7,9-12,16,19H,4,8,13-15H2,1-3H3/t19-/m1/s1. The summed E-state index contributed by atoms with van der Waals surface area (Å²) >= 11 is 0. The first-order valence-corrected chi connectivity index (χ1v) is 9.89. The Balaban J connectivity index is 2.03. The topological polar surface area (TPSA) is 38.1 Å². The molecule has 0 N–H and O–H groups in total.